The van der Waals surface area contributed by atoms with Crippen molar-refractivity contribution in [3.05, 3.63) is 128 Å². The molecule has 0 amide bonds. The first-order chi connectivity index (χ1) is 17.4. The molecule has 164 valence electrons. The number of rotatable bonds is 3. The highest BCUT2D eigenvalue weighted by Crippen LogP contribution is 2.44. The predicted octanol–water partition coefficient (Wildman–Crippen LogP) is 8.87. The van der Waals surface area contributed by atoms with E-state index in [0.29, 0.717) is 0 Å². The molecule has 7 rings (SSSR count). The van der Waals surface area contributed by atoms with Crippen LogP contribution in [0.1, 0.15) is 0 Å². The lowest BCUT2D eigenvalue weighted by Crippen LogP contribution is -1.91. The van der Waals surface area contributed by atoms with Gasteiger partial charge < -0.3 is 4.98 Å². The van der Waals surface area contributed by atoms with Crippen molar-refractivity contribution in [2.75, 3.05) is 0 Å². The van der Waals surface area contributed by atoms with E-state index < -0.39 is 0 Å². The Balaban J connectivity index is 1.57. The molecule has 35 heavy (non-hydrogen) atoms. The number of fused-ring (bicyclic) bond motifs is 3. The van der Waals surface area contributed by atoms with E-state index in [-0.39, 0.29) is 0 Å². The highest BCUT2D eigenvalue weighted by atomic mass is 14.9. The minimum atomic E-state index is 0.883. The summed E-state index contributed by atoms with van der Waals surface area (Å²) in [5.74, 6) is 0.883. The van der Waals surface area contributed by atoms with Gasteiger partial charge in [0.15, 0.2) is 0 Å². The van der Waals surface area contributed by atoms with Gasteiger partial charge in [0.1, 0.15) is 5.82 Å². The summed E-state index contributed by atoms with van der Waals surface area (Å²) in [5, 5.41) is 7.56. The van der Waals surface area contributed by atoms with Crippen molar-refractivity contribution in [3.63, 3.8) is 0 Å². The highest BCUT2D eigenvalue weighted by molar-refractivity contribution is 6.21. The van der Waals surface area contributed by atoms with Crippen LogP contribution in [-0.4, -0.2) is 9.97 Å². The maximum atomic E-state index is 4.47. The maximum absolute atomic E-state index is 4.47. The van der Waals surface area contributed by atoms with Crippen molar-refractivity contribution in [2.45, 2.75) is 0 Å². The number of hydrogen-bond acceptors (Lipinski definition) is 1. The number of nitrogens with one attached hydrogen (secondary N) is 1. The molecule has 0 bridgehead atoms. The quantitative estimate of drug-likeness (QED) is 0.270. The molecule has 0 aliphatic heterocycles. The van der Waals surface area contributed by atoms with Gasteiger partial charge in [-0.3, -0.25) is 0 Å². The molecular weight excluding hydrogens is 424 g/mol. The largest absolute Gasteiger partial charge is 0.345 e. The van der Waals surface area contributed by atoms with Crippen molar-refractivity contribution in [3.8, 4) is 33.6 Å². The predicted molar refractivity (Wildman–Crippen MR) is 147 cm³/mol. The van der Waals surface area contributed by atoms with Crippen LogP contribution in [0.2, 0.25) is 0 Å². The maximum Gasteiger partial charge on any atom is 0.137 e. The Kier molecular flexibility index (Phi) is 4.49. The number of nitrogens with zero attached hydrogens (tertiary/aromatic N) is 1. The van der Waals surface area contributed by atoms with Crippen LogP contribution in [0.15, 0.2) is 128 Å². The third kappa shape index (κ3) is 3.23. The molecule has 0 spiro atoms. The van der Waals surface area contributed by atoms with Gasteiger partial charge in [-0.1, -0.05) is 103 Å². The standard InChI is InChI=1S/C33H22N2/c1-2-9-23-20-25(17-16-22(23)8-1)32-29-14-5-3-12-27(29)31(28-13-4-6-15-30(28)32)24-10-7-11-26(21-24)33-34-18-19-35-33/h1-21H,(H,34,35). The Morgan fingerprint density at radius 1 is 0.457 bits per heavy atom. The third-order valence-electron chi connectivity index (χ3n) is 6.89. The molecule has 0 aliphatic carbocycles. The van der Waals surface area contributed by atoms with Crippen LogP contribution >= 0.6 is 0 Å². The van der Waals surface area contributed by atoms with Crippen LogP contribution in [0.3, 0.4) is 0 Å². The Labute approximate surface area is 203 Å². The second kappa shape index (κ2) is 7.96. The summed E-state index contributed by atoms with van der Waals surface area (Å²) >= 11 is 0. The van der Waals surface area contributed by atoms with E-state index in [0.717, 1.165) is 11.4 Å². The molecule has 0 saturated heterocycles. The molecule has 0 saturated carbocycles. The first-order valence-corrected chi connectivity index (χ1v) is 11.9. The zero-order chi connectivity index (χ0) is 23.2. The van der Waals surface area contributed by atoms with Gasteiger partial charge in [-0.2, -0.15) is 0 Å². The number of benzene rings is 6. The van der Waals surface area contributed by atoms with Gasteiger partial charge in [0.2, 0.25) is 0 Å². The molecule has 0 atom stereocenters. The van der Waals surface area contributed by atoms with Gasteiger partial charge >= 0.3 is 0 Å². The van der Waals surface area contributed by atoms with Gasteiger partial charge in [0, 0.05) is 18.0 Å². The van der Waals surface area contributed by atoms with Gasteiger partial charge in [0.25, 0.3) is 0 Å². The number of hydrogen-bond donors (Lipinski definition) is 1. The number of H-pyrrole nitrogens is 1. The molecule has 2 heteroatoms. The van der Waals surface area contributed by atoms with E-state index >= 15 is 0 Å². The summed E-state index contributed by atoms with van der Waals surface area (Å²) in [6, 6.07) is 41.6. The second-order valence-corrected chi connectivity index (χ2v) is 8.92. The van der Waals surface area contributed by atoms with Crippen LogP contribution in [-0.2, 0) is 0 Å². The molecule has 1 aromatic heterocycles. The van der Waals surface area contributed by atoms with E-state index in [9.17, 15) is 0 Å². The Bertz CT molecular complexity index is 1790. The monoisotopic (exact) mass is 446 g/mol. The average molecular weight is 447 g/mol. The average Bonchev–Trinajstić information content (AvgIpc) is 3.47. The summed E-state index contributed by atoms with van der Waals surface area (Å²) < 4.78 is 0. The van der Waals surface area contributed by atoms with Crippen molar-refractivity contribution in [1.29, 1.82) is 0 Å². The van der Waals surface area contributed by atoms with E-state index in [1.54, 1.807) is 6.20 Å². The third-order valence-corrected chi connectivity index (χ3v) is 6.89. The molecule has 0 unspecified atom stereocenters. The smallest absolute Gasteiger partial charge is 0.137 e. The number of aromatic nitrogens is 2. The molecule has 0 radical (unpaired) electrons. The molecular formula is C33H22N2. The van der Waals surface area contributed by atoms with E-state index in [2.05, 4.69) is 125 Å². The fraction of sp³-hybridized carbons (Fsp3) is 0. The summed E-state index contributed by atoms with van der Waals surface area (Å²) in [5.41, 5.74) is 6.06. The van der Waals surface area contributed by atoms with E-state index in [1.807, 2.05) is 6.20 Å². The summed E-state index contributed by atoms with van der Waals surface area (Å²) in [4.78, 5) is 7.71. The molecule has 2 nitrogen and oxygen atoms in total. The Morgan fingerprint density at radius 3 is 1.66 bits per heavy atom. The van der Waals surface area contributed by atoms with Crippen LogP contribution in [0, 0.1) is 0 Å². The second-order valence-electron chi connectivity index (χ2n) is 8.92. The van der Waals surface area contributed by atoms with Gasteiger partial charge in [-0.05, 0) is 66.7 Å². The lowest BCUT2D eigenvalue weighted by molar-refractivity contribution is 1.31. The summed E-state index contributed by atoms with van der Waals surface area (Å²) in [6.07, 6.45) is 3.66. The lowest BCUT2D eigenvalue weighted by Gasteiger charge is -2.18. The SMILES string of the molecule is c1cc(-c2ncc[nH]2)cc(-c2c3ccccc3c(-c3ccc4ccccc4c3)c3ccccc23)c1. The molecule has 6 aromatic carbocycles. The van der Waals surface area contributed by atoms with E-state index in [4.69, 9.17) is 0 Å². The van der Waals surface area contributed by atoms with Crippen molar-refractivity contribution >= 4 is 32.3 Å². The van der Waals surface area contributed by atoms with Gasteiger partial charge in [0.05, 0.1) is 0 Å². The topological polar surface area (TPSA) is 28.7 Å². The zero-order valence-electron chi connectivity index (χ0n) is 19.1. The van der Waals surface area contributed by atoms with E-state index in [1.165, 1.54) is 54.6 Å². The number of aromatic amines is 1. The number of imidazole rings is 1. The van der Waals surface area contributed by atoms with Gasteiger partial charge in [-0.25, -0.2) is 4.98 Å². The molecule has 0 aliphatic rings. The van der Waals surface area contributed by atoms with Crippen LogP contribution in [0.4, 0.5) is 0 Å². The van der Waals surface area contributed by atoms with Crippen molar-refractivity contribution in [1.82, 2.24) is 9.97 Å². The normalized spacial score (nSPS) is 11.4. The summed E-state index contributed by atoms with van der Waals surface area (Å²) in [7, 11) is 0. The van der Waals surface area contributed by atoms with Gasteiger partial charge in [-0.15, -0.1) is 0 Å². The molecule has 1 N–H and O–H groups in total. The van der Waals surface area contributed by atoms with Crippen LogP contribution in [0.5, 0.6) is 0 Å². The summed E-state index contributed by atoms with van der Waals surface area (Å²) in [6.45, 7) is 0. The minimum Gasteiger partial charge on any atom is -0.345 e. The Morgan fingerprint density at radius 2 is 1.03 bits per heavy atom. The molecule has 1 heterocycles. The van der Waals surface area contributed by atoms with Crippen LogP contribution in [0.25, 0.3) is 66.0 Å². The first-order valence-electron chi connectivity index (χ1n) is 11.9. The van der Waals surface area contributed by atoms with Crippen LogP contribution < -0.4 is 0 Å². The first kappa shape index (κ1) is 19.7. The Hall–Kier alpha value is -4.69. The fourth-order valence-electron chi connectivity index (χ4n) is 5.34. The molecule has 7 aromatic rings. The van der Waals surface area contributed by atoms with Crippen molar-refractivity contribution in [2.24, 2.45) is 0 Å². The minimum absolute atomic E-state index is 0.883. The molecule has 0 fully saturated rings. The zero-order valence-corrected chi connectivity index (χ0v) is 19.1. The van der Waals surface area contributed by atoms with Crippen molar-refractivity contribution < 1.29 is 0 Å². The fourth-order valence-corrected chi connectivity index (χ4v) is 5.34. The lowest BCUT2D eigenvalue weighted by atomic mass is 9.85. The highest BCUT2D eigenvalue weighted by Gasteiger charge is 2.17.